The van der Waals surface area contributed by atoms with E-state index in [2.05, 4.69) is 35.3 Å². The van der Waals surface area contributed by atoms with E-state index in [0.717, 1.165) is 37.7 Å². The van der Waals surface area contributed by atoms with Gasteiger partial charge in [-0.2, -0.15) is 0 Å². The van der Waals surface area contributed by atoms with Gasteiger partial charge in [-0.05, 0) is 56.1 Å². The van der Waals surface area contributed by atoms with Crippen molar-refractivity contribution >= 4 is 0 Å². The van der Waals surface area contributed by atoms with Crippen molar-refractivity contribution in [3.63, 3.8) is 0 Å². The summed E-state index contributed by atoms with van der Waals surface area (Å²) < 4.78 is 5.28. The molecule has 1 aliphatic heterocycles. The largest absolute Gasteiger partial charge is 0.497 e. The molecule has 1 atom stereocenters. The van der Waals surface area contributed by atoms with Crippen LogP contribution in [0, 0.1) is 5.92 Å². The van der Waals surface area contributed by atoms with Gasteiger partial charge in [0.1, 0.15) is 5.75 Å². The molecule has 1 N–H and O–H groups in total. The minimum atomic E-state index is 0.741. The summed E-state index contributed by atoms with van der Waals surface area (Å²) >= 11 is 0. The maximum absolute atomic E-state index is 5.28. The fourth-order valence-electron chi connectivity index (χ4n) is 2.69. The summed E-state index contributed by atoms with van der Waals surface area (Å²) in [7, 11) is 1.73. The van der Waals surface area contributed by atoms with Crippen LogP contribution in [0.25, 0.3) is 0 Å². The van der Waals surface area contributed by atoms with Crippen LogP contribution in [0.15, 0.2) is 24.3 Å². The highest BCUT2D eigenvalue weighted by Gasteiger charge is 2.12. The second-order valence-corrected chi connectivity index (χ2v) is 5.56. The van der Waals surface area contributed by atoms with Gasteiger partial charge in [0.2, 0.25) is 0 Å². The Morgan fingerprint density at radius 3 is 3.16 bits per heavy atom. The fraction of sp³-hybridized carbons (Fsp3) is 0.625. The first-order valence-corrected chi connectivity index (χ1v) is 7.34. The molecular formula is C16H26N2O. The third-order valence-electron chi connectivity index (χ3n) is 3.74. The molecule has 0 saturated carbocycles. The van der Waals surface area contributed by atoms with E-state index in [1.165, 1.54) is 25.1 Å². The van der Waals surface area contributed by atoms with Crippen molar-refractivity contribution in [1.29, 1.82) is 0 Å². The van der Waals surface area contributed by atoms with Crippen LogP contribution in [-0.2, 0) is 6.42 Å². The number of hydrogen-bond donors (Lipinski definition) is 1. The highest BCUT2D eigenvalue weighted by molar-refractivity contribution is 5.28. The minimum absolute atomic E-state index is 0.741. The van der Waals surface area contributed by atoms with Gasteiger partial charge in [0.05, 0.1) is 7.11 Å². The molecule has 1 aliphatic rings. The molecule has 0 aromatic heterocycles. The summed E-state index contributed by atoms with van der Waals surface area (Å²) in [5.41, 5.74) is 1.37. The maximum Gasteiger partial charge on any atom is 0.119 e. The molecule has 1 aromatic rings. The first kappa shape index (κ1) is 14.4. The molecule has 0 radical (unpaired) electrons. The summed E-state index contributed by atoms with van der Waals surface area (Å²) in [6.07, 6.45) is 2.36. The molecule has 3 heteroatoms. The van der Waals surface area contributed by atoms with Crippen molar-refractivity contribution in [3.05, 3.63) is 29.8 Å². The number of ether oxygens (including phenoxy) is 1. The lowest BCUT2D eigenvalue weighted by atomic mass is 10.1. The van der Waals surface area contributed by atoms with Crippen LogP contribution in [0.1, 0.15) is 18.9 Å². The van der Waals surface area contributed by atoms with Gasteiger partial charge in [0.25, 0.3) is 0 Å². The van der Waals surface area contributed by atoms with E-state index in [1.807, 2.05) is 6.07 Å². The average molecular weight is 262 g/mol. The van der Waals surface area contributed by atoms with Crippen molar-refractivity contribution in [2.75, 3.05) is 39.8 Å². The molecule has 2 rings (SSSR count). The molecule has 0 bridgehead atoms. The monoisotopic (exact) mass is 262 g/mol. The molecule has 0 spiro atoms. The highest BCUT2D eigenvalue weighted by atomic mass is 16.5. The van der Waals surface area contributed by atoms with Gasteiger partial charge < -0.3 is 15.0 Å². The first-order chi connectivity index (χ1) is 9.28. The molecule has 106 valence electrons. The molecule has 0 aliphatic carbocycles. The van der Waals surface area contributed by atoms with E-state index in [-0.39, 0.29) is 0 Å². The van der Waals surface area contributed by atoms with E-state index in [1.54, 1.807) is 7.11 Å². The quantitative estimate of drug-likeness (QED) is 0.900. The molecule has 19 heavy (non-hydrogen) atoms. The number of nitrogens with one attached hydrogen (secondary N) is 1. The molecule has 1 fully saturated rings. The summed E-state index contributed by atoms with van der Waals surface area (Å²) in [5, 5.41) is 3.50. The van der Waals surface area contributed by atoms with Crippen molar-refractivity contribution in [3.8, 4) is 5.75 Å². The predicted molar refractivity (Wildman–Crippen MR) is 79.8 cm³/mol. The summed E-state index contributed by atoms with van der Waals surface area (Å²) in [5.74, 6) is 1.70. The predicted octanol–water partition coefficient (Wildman–Crippen LogP) is 2.17. The minimum Gasteiger partial charge on any atom is -0.497 e. The second-order valence-electron chi connectivity index (χ2n) is 5.56. The third kappa shape index (κ3) is 4.84. The lowest BCUT2D eigenvalue weighted by Gasteiger charge is -2.28. The Hall–Kier alpha value is -1.06. The first-order valence-electron chi connectivity index (χ1n) is 7.34. The average Bonchev–Trinajstić information content (AvgIpc) is 2.41. The van der Waals surface area contributed by atoms with Gasteiger partial charge in [0, 0.05) is 13.1 Å². The fourth-order valence-corrected chi connectivity index (χ4v) is 2.69. The molecule has 0 amide bonds. The van der Waals surface area contributed by atoms with Crippen LogP contribution in [-0.4, -0.2) is 44.7 Å². The van der Waals surface area contributed by atoms with Crippen LogP contribution in [0.2, 0.25) is 0 Å². The Morgan fingerprint density at radius 1 is 1.42 bits per heavy atom. The van der Waals surface area contributed by atoms with Crippen LogP contribution in [0.4, 0.5) is 0 Å². The zero-order valence-corrected chi connectivity index (χ0v) is 12.2. The van der Waals surface area contributed by atoms with Gasteiger partial charge in [-0.3, -0.25) is 0 Å². The Balaban J connectivity index is 1.85. The Bertz CT molecular complexity index is 381. The van der Waals surface area contributed by atoms with E-state index in [4.69, 9.17) is 4.74 Å². The van der Waals surface area contributed by atoms with Gasteiger partial charge >= 0.3 is 0 Å². The Kier molecular flexibility index (Phi) is 5.67. The molecule has 1 unspecified atom stereocenters. The third-order valence-corrected chi connectivity index (χ3v) is 3.74. The smallest absolute Gasteiger partial charge is 0.119 e. The maximum atomic E-state index is 5.28. The van der Waals surface area contributed by atoms with E-state index in [9.17, 15) is 0 Å². The Morgan fingerprint density at radius 2 is 2.32 bits per heavy atom. The molecule has 1 saturated heterocycles. The van der Waals surface area contributed by atoms with Crippen molar-refractivity contribution < 1.29 is 4.74 Å². The standard InChI is InChI=1S/C16H26N2O/c1-14-12-17-8-4-9-18(13-14)10-7-15-5-3-6-16(11-15)19-2/h3,5-6,11,14,17H,4,7-10,12-13H2,1-2H3. The summed E-state index contributed by atoms with van der Waals surface area (Å²) in [6, 6.07) is 8.42. The van der Waals surface area contributed by atoms with Gasteiger partial charge in [0.15, 0.2) is 0 Å². The molecule has 1 aromatic carbocycles. The lowest BCUT2D eigenvalue weighted by Crippen LogP contribution is -2.39. The van der Waals surface area contributed by atoms with Crippen molar-refractivity contribution in [2.24, 2.45) is 5.92 Å². The van der Waals surface area contributed by atoms with Crippen molar-refractivity contribution in [2.45, 2.75) is 19.8 Å². The van der Waals surface area contributed by atoms with Gasteiger partial charge in [-0.1, -0.05) is 19.1 Å². The van der Waals surface area contributed by atoms with Crippen LogP contribution in [0.3, 0.4) is 0 Å². The normalized spacial score (nSPS) is 21.7. The number of benzene rings is 1. The summed E-state index contributed by atoms with van der Waals surface area (Å²) in [4.78, 5) is 2.60. The Labute approximate surface area is 116 Å². The highest BCUT2D eigenvalue weighted by Crippen LogP contribution is 2.14. The molecule has 1 heterocycles. The van der Waals surface area contributed by atoms with Crippen LogP contribution >= 0.6 is 0 Å². The molecule has 3 nitrogen and oxygen atoms in total. The SMILES string of the molecule is COc1cccc(CCN2CCCNCC(C)C2)c1. The van der Waals surface area contributed by atoms with E-state index < -0.39 is 0 Å². The zero-order chi connectivity index (χ0) is 13.5. The number of hydrogen-bond acceptors (Lipinski definition) is 3. The van der Waals surface area contributed by atoms with E-state index >= 15 is 0 Å². The zero-order valence-electron chi connectivity index (χ0n) is 12.2. The van der Waals surface area contributed by atoms with Gasteiger partial charge in [-0.25, -0.2) is 0 Å². The number of methoxy groups -OCH3 is 1. The topological polar surface area (TPSA) is 24.5 Å². The number of rotatable bonds is 4. The second kappa shape index (κ2) is 7.51. The van der Waals surface area contributed by atoms with Gasteiger partial charge in [-0.15, -0.1) is 0 Å². The summed E-state index contributed by atoms with van der Waals surface area (Å²) in [6.45, 7) is 8.20. The van der Waals surface area contributed by atoms with Crippen LogP contribution in [0.5, 0.6) is 5.75 Å². The van der Waals surface area contributed by atoms with E-state index in [0.29, 0.717) is 0 Å². The molecular weight excluding hydrogens is 236 g/mol. The van der Waals surface area contributed by atoms with Crippen molar-refractivity contribution in [1.82, 2.24) is 10.2 Å². The number of nitrogens with zero attached hydrogens (tertiary/aromatic N) is 1. The lowest BCUT2D eigenvalue weighted by molar-refractivity contribution is 0.218. The van der Waals surface area contributed by atoms with Crippen LogP contribution < -0.4 is 10.1 Å².